The van der Waals surface area contributed by atoms with Gasteiger partial charge in [-0.3, -0.25) is 9.80 Å². The molecule has 1 aromatic carbocycles. The second kappa shape index (κ2) is 8.99. The SMILES string of the molecule is COCCN1CCN([C@H]2CCC[C@@H](Oc3cccc(C)c3)[C@@H]2O)CC1. The third kappa shape index (κ3) is 4.94. The molecule has 0 radical (unpaired) electrons. The molecule has 0 aromatic heterocycles. The molecule has 1 aromatic rings. The molecule has 5 nitrogen and oxygen atoms in total. The number of aryl methyl sites for hydroxylation is 1. The van der Waals surface area contributed by atoms with Gasteiger partial charge in [0.2, 0.25) is 0 Å². The molecule has 0 bridgehead atoms. The minimum absolute atomic E-state index is 0.105. The third-order valence-electron chi connectivity index (χ3n) is 5.53. The zero-order chi connectivity index (χ0) is 17.6. The molecular formula is C20H32N2O3. The second-order valence-electron chi connectivity index (χ2n) is 7.33. The standard InChI is InChI=1S/C20H32N2O3/c1-16-5-3-6-17(15-16)25-19-8-4-7-18(20(19)23)22-11-9-21(10-12-22)13-14-24-2/h3,5-6,15,18-20,23H,4,7-14H2,1-2H3/t18-,19+,20+/m0/s1. The highest BCUT2D eigenvalue weighted by molar-refractivity contribution is 5.27. The highest BCUT2D eigenvalue weighted by Gasteiger charge is 2.37. The summed E-state index contributed by atoms with van der Waals surface area (Å²) in [5.41, 5.74) is 1.19. The summed E-state index contributed by atoms with van der Waals surface area (Å²) in [6.45, 7) is 7.99. The first-order valence-corrected chi connectivity index (χ1v) is 9.54. The first-order chi connectivity index (χ1) is 12.2. The number of hydrogen-bond donors (Lipinski definition) is 1. The van der Waals surface area contributed by atoms with Crippen molar-refractivity contribution in [3.05, 3.63) is 29.8 Å². The van der Waals surface area contributed by atoms with E-state index < -0.39 is 6.10 Å². The lowest BCUT2D eigenvalue weighted by molar-refractivity contribution is -0.0640. The van der Waals surface area contributed by atoms with Crippen LogP contribution in [0.3, 0.4) is 0 Å². The van der Waals surface area contributed by atoms with Gasteiger partial charge in [0.1, 0.15) is 18.0 Å². The predicted octanol–water partition coefficient (Wildman–Crippen LogP) is 1.92. The van der Waals surface area contributed by atoms with Gasteiger partial charge in [-0.2, -0.15) is 0 Å². The van der Waals surface area contributed by atoms with Crippen molar-refractivity contribution in [1.82, 2.24) is 9.80 Å². The van der Waals surface area contributed by atoms with E-state index in [9.17, 15) is 5.11 Å². The van der Waals surface area contributed by atoms with Gasteiger partial charge in [-0.05, 0) is 43.9 Å². The molecule has 1 saturated heterocycles. The summed E-state index contributed by atoms with van der Waals surface area (Å²) in [7, 11) is 1.75. The van der Waals surface area contributed by atoms with Crippen molar-refractivity contribution in [1.29, 1.82) is 0 Å². The topological polar surface area (TPSA) is 45.2 Å². The number of methoxy groups -OCH3 is 1. The quantitative estimate of drug-likeness (QED) is 0.851. The zero-order valence-corrected chi connectivity index (χ0v) is 15.6. The van der Waals surface area contributed by atoms with Gasteiger partial charge in [-0.15, -0.1) is 0 Å². The summed E-state index contributed by atoms with van der Waals surface area (Å²) in [6, 6.07) is 8.32. The number of benzene rings is 1. The normalized spacial score (nSPS) is 28.8. The average Bonchev–Trinajstić information content (AvgIpc) is 2.62. The Morgan fingerprint density at radius 2 is 1.96 bits per heavy atom. The van der Waals surface area contributed by atoms with Crippen molar-refractivity contribution in [2.45, 2.75) is 44.4 Å². The van der Waals surface area contributed by atoms with Gasteiger partial charge >= 0.3 is 0 Å². The van der Waals surface area contributed by atoms with Crippen LogP contribution in [0.5, 0.6) is 5.75 Å². The Hall–Kier alpha value is -1.14. The van der Waals surface area contributed by atoms with E-state index in [4.69, 9.17) is 9.47 Å². The molecule has 25 heavy (non-hydrogen) atoms. The Kier molecular flexibility index (Phi) is 6.70. The van der Waals surface area contributed by atoms with Crippen LogP contribution in [-0.4, -0.2) is 79.6 Å². The Balaban J connectivity index is 1.54. The Morgan fingerprint density at radius 1 is 1.16 bits per heavy atom. The molecule has 1 heterocycles. The molecule has 0 unspecified atom stereocenters. The highest BCUT2D eigenvalue weighted by Crippen LogP contribution is 2.28. The van der Waals surface area contributed by atoms with E-state index in [0.717, 1.165) is 64.3 Å². The summed E-state index contributed by atoms with van der Waals surface area (Å²) in [5, 5.41) is 10.9. The lowest BCUT2D eigenvalue weighted by atomic mass is 9.88. The van der Waals surface area contributed by atoms with Crippen molar-refractivity contribution in [2.24, 2.45) is 0 Å². The Bertz CT molecular complexity index is 531. The van der Waals surface area contributed by atoms with Gasteiger partial charge in [0.25, 0.3) is 0 Å². The van der Waals surface area contributed by atoms with Crippen LogP contribution in [0.4, 0.5) is 0 Å². The molecule has 0 amide bonds. The van der Waals surface area contributed by atoms with Crippen molar-refractivity contribution >= 4 is 0 Å². The second-order valence-corrected chi connectivity index (χ2v) is 7.33. The minimum atomic E-state index is -0.417. The molecule has 1 N–H and O–H groups in total. The largest absolute Gasteiger partial charge is 0.488 e. The number of aliphatic hydroxyl groups excluding tert-OH is 1. The van der Waals surface area contributed by atoms with E-state index in [0.29, 0.717) is 0 Å². The van der Waals surface area contributed by atoms with Gasteiger partial charge in [-0.25, -0.2) is 0 Å². The van der Waals surface area contributed by atoms with Crippen LogP contribution in [0, 0.1) is 6.92 Å². The van der Waals surface area contributed by atoms with Crippen molar-refractivity contribution in [3.63, 3.8) is 0 Å². The van der Waals surface area contributed by atoms with Crippen LogP contribution < -0.4 is 4.74 Å². The molecule has 140 valence electrons. The fraction of sp³-hybridized carbons (Fsp3) is 0.700. The van der Waals surface area contributed by atoms with E-state index in [1.807, 2.05) is 18.2 Å². The van der Waals surface area contributed by atoms with Crippen molar-refractivity contribution in [3.8, 4) is 5.75 Å². The van der Waals surface area contributed by atoms with Crippen molar-refractivity contribution in [2.75, 3.05) is 46.4 Å². The smallest absolute Gasteiger partial charge is 0.126 e. The van der Waals surface area contributed by atoms with Crippen LogP contribution in [0.1, 0.15) is 24.8 Å². The molecule has 2 aliphatic rings. The van der Waals surface area contributed by atoms with Crippen LogP contribution in [-0.2, 0) is 4.74 Å². The maximum Gasteiger partial charge on any atom is 0.126 e. The van der Waals surface area contributed by atoms with E-state index >= 15 is 0 Å². The number of nitrogens with zero attached hydrogens (tertiary/aromatic N) is 2. The molecular weight excluding hydrogens is 316 g/mol. The lowest BCUT2D eigenvalue weighted by Gasteiger charge is -2.44. The Labute approximate surface area is 151 Å². The molecule has 3 atom stereocenters. The van der Waals surface area contributed by atoms with Crippen LogP contribution in [0.25, 0.3) is 0 Å². The number of piperazine rings is 1. The summed E-state index contributed by atoms with van der Waals surface area (Å²) in [4.78, 5) is 4.90. The number of aliphatic hydroxyl groups is 1. The zero-order valence-electron chi connectivity index (χ0n) is 15.6. The molecule has 0 spiro atoms. The molecule has 1 aliphatic heterocycles. The number of hydrogen-bond acceptors (Lipinski definition) is 5. The summed E-state index contributed by atoms with van der Waals surface area (Å²) < 4.78 is 11.3. The van der Waals surface area contributed by atoms with Crippen molar-refractivity contribution < 1.29 is 14.6 Å². The lowest BCUT2D eigenvalue weighted by Crippen LogP contribution is -2.58. The summed E-state index contributed by atoms with van der Waals surface area (Å²) in [6.07, 6.45) is 2.58. The fourth-order valence-corrected chi connectivity index (χ4v) is 4.05. The van der Waals surface area contributed by atoms with Crippen LogP contribution in [0.2, 0.25) is 0 Å². The first-order valence-electron chi connectivity index (χ1n) is 9.54. The van der Waals surface area contributed by atoms with Gasteiger partial charge in [0.05, 0.1) is 6.61 Å². The third-order valence-corrected chi connectivity index (χ3v) is 5.53. The highest BCUT2D eigenvalue weighted by atomic mass is 16.5. The fourth-order valence-electron chi connectivity index (χ4n) is 4.05. The number of rotatable bonds is 6. The molecule has 5 heteroatoms. The van der Waals surface area contributed by atoms with E-state index in [1.54, 1.807) is 7.11 Å². The van der Waals surface area contributed by atoms with Gasteiger partial charge in [-0.1, -0.05) is 12.1 Å². The molecule has 3 rings (SSSR count). The van der Waals surface area contributed by atoms with Gasteiger partial charge in [0.15, 0.2) is 0 Å². The predicted molar refractivity (Wildman–Crippen MR) is 99.1 cm³/mol. The maximum atomic E-state index is 10.9. The first kappa shape index (κ1) is 18.6. The van der Waals surface area contributed by atoms with E-state index in [-0.39, 0.29) is 12.1 Å². The summed E-state index contributed by atoms with van der Waals surface area (Å²) in [5.74, 6) is 0.870. The average molecular weight is 348 g/mol. The maximum absolute atomic E-state index is 10.9. The monoisotopic (exact) mass is 348 g/mol. The van der Waals surface area contributed by atoms with E-state index in [2.05, 4.69) is 22.8 Å². The summed E-state index contributed by atoms with van der Waals surface area (Å²) >= 11 is 0. The van der Waals surface area contributed by atoms with Gasteiger partial charge < -0.3 is 14.6 Å². The van der Waals surface area contributed by atoms with E-state index in [1.165, 1.54) is 5.56 Å². The van der Waals surface area contributed by atoms with Crippen LogP contribution >= 0.6 is 0 Å². The van der Waals surface area contributed by atoms with Crippen LogP contribution in [0.15, 0.2) is 24.3 Å². The Morgan fingerprint density at radius 3 is 2.68 bits per heavy atom. The van der Waals surface area contributed by atoms with Gasteiger partial charge in [0, 0.05) is 45.9 Å². The molecule has 1 saturated carbocycles. The number of ether oxygens (including phenoxy) is 2. The molecule has 2 fully saturated rings. The minimum Gasteiger partial charge on any atom is -0.488 e. The molecule has 1 aliphatic carbocycles.